The van der Waals surface area contributed by atoms with Gasteiger partial charge in [-0.05, 0) is 19.3 Å². The number of sulfonamides is 1. The Hall–Kier alpha value is -1.15. The van der Waals surface area contributed by atoms with Crippen LogP contribution in [0.3, 0.4) is 0 Å². The van der Waals surface area contributed by atoms with E-state index >= 15 is 0 Å². The molecule has 0 aromatic heterocycles. The maximum absolute atomic E-state index is 12.5. The molecule has 2 aliphatic heterocycles. The number of hydrogen-bond acceptors (Lipinski definition) is 4. The zero-order chi connectivity index (χ0) is 16.9. The summed E-state index contributed by atoms with van der Waals surface area (Å²) in [5.74, 6) is 0.229. The Kier molecular flexibility index (Phi) is 6.41. The molecule has 2 saturated heterocycles. The Morgan fingerprint density at radius 2 is 1.70 bits per heavy atom. The number of carbonyl (C=O) groups excluding carboxylic acids is 2. The number of hydrogen-bond donors (Lipinski definition) is 0. The normalized spacial score (nSPS) is 21.4. The molecular weight excluding hydrogens is 318 g/mol. The molecule has 132 valence electrons. The van der Waals surface area contributed by atoms with Crippen molar-refractivity contribution in [3.05, 3.63) is 0 Å². The Bertz CT molecular complexity index is 507. The van der Waals surface area contributed by atoms with Crippen molar-refractivity contribution in [2.45, 2.75) is 32.6 Å². The second kappa shape index (κ2) is 8.10. The lowest BCUT2D eigenvalue weighted by Gasteiger charge is -2.37. The van der Waals surface area contributed by atoms with E-state index in [2.05, 4.69) is 0 Å². The first-order valence-corrected chi connectivity index (χ1v) is 10.0. The number of rotatable bonds is 6. The Labute approximate surface area is 138 Å². The second-order valence-corrected chi connectivity index (χ2v) is 8.40. The number of piperazine rings is 1. The molecule has 2 rings (SSSR count). The largest absolute Gasteiger partial charge is 0.342 e. The summed E-state index contributed by atoms with van der Waals surface area (Å²) >= 11 is 0. The molecule has 0 atom stereocenters. The highest BCUT2D eigenvalue weighted by molar-refractivity contribution is 7.89. The van der Waals surface area contributed by atoms with Crippen molar-refractivity contribution >= 4 is 22.3 Å². The summed E-state index contributed by atoms with van der Waals surface area (Å²) in [7, 11) is -3.17. The van der Waals surface area contributed by atoms with Crippen LogP contribution in [0.4, 0.5) is 0 Å². The van der Waals surface area contributed by atoms with Crippen LogP contribution in [0.5, 0.6) is 0 Å². The van der Waals surface area contributed by atoms with E-state index < -0.39 is 10.0 Å². The summed E-state index contributed by atoms with van der Waals surface area (Å²) in [6.07, 6.45) is 3.56. The van der Waals surface area contributed by atoms with Crippen LogP contribution in [0.2, 0.25) is 0 Å². The monoisotopic (exact) mass is 345 g/mol. The van der Waals surface area contributed by atoms with E-state index in [1.807, 2.05) is 11.8 Å². The van der Waals surface area contributed by atoms with E-state index in [9.17, 15) is 18.0 Å². The molecule has 2 aliphatic rings. The van der Waals surface area contributed by atoms with Crippen LogP contribution in [0.25, 0.3) is 0 Å². The first kappa shape index (κ1) is 18.2. The third kappa shape index (κ3) is 4.67. The molecule has 7 nitrogen and oxygen atoms in total. The first-order chi connectivity index (χ1) is 11.0. The van der Waals surface area contributed by atoms with Crippen molar-refractivity contribution in [3.63, 3.8) is 0 Å². The minimum absolute atomic E-state index is 0.0876. The summed E-state index contributed by atoms with van der Waals surface area (Å²) in [4.78, 5) is 26.7. The Morgan fingerprint density at radius 1 is 1.09 bits per heavy atom. The van der Waals surface area contributed by atoms with Crippen molar-refractivity contribution in [3.8, 4) is 0 Å². The van der Waals surface area contributed by atoms with Gasteiger partial charge in [-0.1, -0.05) is 13.3 Å². The maximum Gasteiger partial charge on any atom is 0.225 e. The molecule has 2 heterocycles. The lowest BCUT2D eigenvalue weighted by atomic mass is 9.96. The van der Waals surface area contributed by atoms with Crippen LogP contribution >= 0.6 is 0 Å². The van der Waals surface area contributed by atoms with Gasteiger partial charge in [0.25, 0.3) is 0 Å². The van der Waals surface area contributed by atoms with Crippen LogP contribution in [-0.2, 0) is 19.6 Å². The summed E-state index contributed by atoms with van der Waals surface area (Å²) in [5, 5.41) is 0. The zero-order valence-electron chi connectivity index (χ0n) is 13.8. The van der Waals surface area contributed by atoms with Gasteiger partial charge in [-0.15, -0.1) is 0 Å². The third-order valence-corrected chi connectivity index (χ3v) is 6.68. The Balaban J connectivity index is 1.82. The van der Waals surface area contributed by atoms with Gasteiger partial charge in [0.1, 0.15) is 0 Å². The smallest absolute Gasteiger partial charge is 0.225 e. The molecular formula is C15H27N3O4S. The van der Waals surface area contributed by atoms with Gasteiger partial charge in [-0.2, -0.15) is 0 Å². The van der Waals surface area contributed by atoms with Crippen LogP contribution in [0, 0.1) is 5.92 Å². The molecule has 0 unspecified atom stereocenters. The molecule has 0 aromatic rings. The Morgan fingerprint density at radius 3 is 2.22 bits per heavy atom. The van der Waals surface area contributed by atoms with Gasteiger partial charge < -0.3 is 9.80 Å². The second-order valence-electron chi connectivity index (χ2n) is 6.31. The summed E-state index contributed by atoms with van der Waals surface area (Å²) < 4.78 is 25.9. The van der Waals surface area contributed by atoms with Gasteiger partial charge in [0.15, 0.2) is 0 Å². The molecule has 0 N–H and O–H groups in total. The summed E-state index contributed by atoms with van der Waals surface area (Å²) in [5.41, 5.74) is 0. The van der Waals surface area contributed by atoms with E-state index in [0.717, 1.165) is 12.8 Å². The predicted octanol–water partition coefficient (Wildman–Crippen LogP) is 0.129. The number of carbonyl (C=O) groups is 2. The van der Waals surface area contributed by atoms with E-state index in [4.69, 9.17) is 0 Å². The molecule has 0 aromatic carbocycles. The highest BCUT2D eigenvalue weighted by Gasteiger charge is 2.33. The predicted molar refractivity (Wildman–Crippen MR) is 87.2 cm³/mol. The number of nitrogens with zero attached hydrogens (tertiary/aromatic N) is 3. The van der Waals surface area contributed by atoms with E-state index in [-0.39, 0.29) is 17.6 Å². The quantitative estimate of drug-likeness (QED) is 0.641. The van der Waals surface area contributed by atoms with Gasteiger partial charge in [-0.3, -0.25) is 9.59 Å². The van der Waals surface area contributed by atoms with Crippen LogP contribution in [0.1, 0.15) is 32.6 Å². The van der Waals surface area contributed by atoms with Gasteiger partial charge in [0.05, 0.1) is 5.75 Å². The van der Waals surface area contributed by atoms with Crippen molar-refractivity contribution in [1.29, 1.82) is 0 Å². The molecule has 0 aliphatic carbocycles. The molecule has 0 radical (unpaired) electrons. The summed E-state index contributed by atoms with van der Waals surface area (Å²) in [6.45, 7) is 5.18. The van der Waals surface area contributed by atoms with Crippen molar-refractivity contribution in [2.24, 2.45) is 5.92 Å². The highest BCUT2D eigenvalue weighted by atomic mass is 32.2. The van der Waals surface area contributed by atoms with Crippen LogP contribution in [-0.4, -0.2) is 79.9 Å². The summed E-state index contributed by atoms with van der Waals surface area (Å²) in [6, 6.07) is 0. The fourth-order valence-corrected chi connectivity index (χ4v) is 4.82. The van der Waals surface area contributed by atoms with Gasteiger partial charge in [0, 0.05) is 45.2 Å². The maximum atomic E-state index is 12.5. The van der Waals surface area contributed by atoms with E-state index in [1.165, 1.54) is 4.31 Å². The molecule has 0 saturated carbocycles. The number of unbranched alkanes of at least 4 members (excludes halogenated alkanes) is 1. The molecule has 2 amide bonds. The molecule has 0 spiro atoms. The fraction of sp³-hybridized carbons (Fsp3) is 0.867. The zero-order valence-corrected chi connectivity index (χ0v) is 14.6. The SMILES string of the molecule is CCCCS(=O)(=O)N1CCC(C(=O)N2CCN(C=O)CC2)CC1. The van der Waals surface area contributed by atoms with Crippen molar-refractivity contribution in [1.82, 2.24) is 14.1 Å². The highest BCUT2D eigenvalue weighted by Crippen LogP contribution is 2.23. The average Bonchev–Trinajstić information content (AvgIpc) is 2.59. The van der Waals surface area contributed by atoms with Crippen LogP contribution in [0.15, 0.2) is 0 Å². The van der Waals surface area contributed by atoms with Crippen molar-refractivity contribution in [2.75, 3.05) is 45.0 Å². The lowest BCUT2D eigenvalue weighted by Crippen LogP contribution is -2.51. The van der Waals surface area contributed by atoms with Gasteiger partial charge in [0.2, 0.25) is 22.3 Å². The fourth-order valence-electron chi connectivity index (χ4n) is 3.14. The topological polar surface area (TPSA) is 78.0 Å². The average molecular weight is 345 g/mol. The lowest BCUT2D eigenvalue weighted by molar-refractivity contribution is -0.140. The first-order valence-electron chi connectivity index (χ1n) is 8.44. The van der Waals surface area contributed by atoms with Crippen molar-refractivity contribution < 1.29 is 18.0 Å². The minimum Gasteiger partial charge on any atom is -0.342 e. The standard InChI is InChI=1S/C15H27N3O4S/c1-2-3-12-23(21,22)18-6-4-14(5-7-18)15(20)17-10-8-16(13-19)9-11-17/h13-14H,2-12H2,1H3. The van der Waals surface area contributed by atoms with Gasteiger partial charge in [-0.25, -0.2) is 12.7 Å². The molecule has 8 heteroatoms. The number of piperidine rings is 1. The molecule has 0 bridgehead atoms. The van der Waals surface area contributed by atoms with E-state index in [1.54, 1.807) is 4.90 Å². The number of amides is 2. The van der Waals surface area contributed by atoms with E-state index in [0.29, 0.717) is 58.5 Å². The third-order valence-electron chi connectivity index (χ3n) is 4.73. The molecule has 2 fully saturated rings. The minimum atomic E-state index is -3.17. The van der Waals surface area contributed by atoms with Gasteiger partial charge >= 0.3 is 0 Å². The van der Waals surface area contributed by atoms with Crippen LogP contribution < -0.4 is 0 Å². The molecule has 23 heavy (non-hydrogen) atoms.